The molecule has 0 bridgehead atoms. The van der Waals surface area contributed by atoms with Crippen molar-refractivity contribution in [2.75, 3.05) is 39.4 Å². The Morgan fingerprint density at radius 3 is 2.43 bits per heavy atom. The van der Waals surface area contributed by atoms with Gasteiger partial charge in [0.1, 0.15) is 6.61 Å². The van der Waals surface area contributed by atoms with Crippen LogP contribution in [0.3, 0.4) is 0 Å². The Morgan fingerprint density at radius 1 is 1.36 bits per heavy atom. The molecule has 0 saturated carbocycles. The predicted octanol–water partition coefficient (Wildman–Crippen LogP) is 0.481. The van der Waals surface area contributed by atoms with E-state index in [2.05, 4.69) is 5.32 Å². The Bertz CT molecular complexity index is 145. The van der Waals surface area contributed by atoms with Gasteiger partial charge in [-0.3, -0.25) is 4.79 Å². The average molecular weight is 202 g/mol. The van der Waals surface area contributed by atoms with Crippen molar-refractivity contribution in [3.8, 4) is 0 Å². The SMILES string of the molecule is CC.CCOCC(=O)N1CCNCC1. The van der Waals surface area contributed by atoms with E-state index in [1.807, 2.05) is 25.7 Å². The van der Waals surface area contributed by atoms with E-state index >= 15 is 0 Å². The Morgan fingerprint density at radius 2 is 1.93 bits per heavy atom. The molecule has 1 saturated heterocycles. The van der Waals surface area contributed by atoms with Gasteiger partial charge in [-0.25, -0.2) is 0 Å². The van der Waals surface area contributed by atoms with Crippen LogP contribution in [0.25, 0.3) is 0 Å². The van der Waals surface area contributed by atoms with Gasteiger partial charge in [0, 0.05) is 32.8 Å². The van der Waals surface area contributed by atoms with E-state index in [9.17, 15) is 4.79 Å². The van der Waals surface area contributed by atoms with Crippen LogP contribution in [0.1, 0.15) is 20.8 Å². The molecule has 1 aliphatic rings. The third-order valence-corrected chi connectivity index (χ3v) is 1.90. The van der Waals surface area contributed by atoms with Gasteiger partial charge >= 0.3 is 0 Å². The molecule has 0 aromatic carbocycles. The topological polar surface area (TPSA) is 41.6 Å². The maximum Gasteiger partial charge on any atom is 0.248 e. The van der Waals surface area contributed by atoms with Crippen molar-refractivity contribution >= 4 is 5.91 Å². The van der Waals surface area contributed by atoms with Gasteiger partial charge < -0.3 is 15.0 Å². The average Bonchev–Trinajstić information content (AvgIpc) is 2.30. The van der Waals surface area contributed by atoms with Crippen molar-refractivity contribution in [3.05, 3.63) is 0 Å². The Labute approximate surface area is 86.6 Å². The van der Waals surface area contributed by atoms with Crippen LogP contribution >= 0.6 is 0 Å². The van der Waals surface area contributed by atoms with Crippen LogP contribution in [0.4, 0.5) is 0 Å². The molecule has 0 atom stereocenters. The van der Waals surface area contributed by atoms with E-state index < -0.39 is 0 Å². The molecule has 1 fully saturated rings. The van der Waals surface area contributed by atoms with Crippen LogP contribution in [0.15, 0.2) is 0 Å². The minimum Gasteiger partial charge on any atom is -0.372 e. The molecule has 4 heteroatoms. The number of piperazine rings is 1. The summed E-state index contributed by atoms with van der Waals surface area (Å²) in [7, 11) is 0. The van der Waals surface area contributed by atoms with E-state index in [0.717, 1.165) is 26.2 Å². The first kappa shape index (κ1) is 13.4. The van der Waals surface area contributed by atoms with Gasteiger partial charge in [-0.2, -0.15) is 0 Å². The Balaban J connectivity index is 0.000000791. The molecule has 1 aliphatic heterocycles. The molecule has 1 rings (SSSR count). The number of nitrogens with zero attached hydrogens (tertiary/aromatic N) is 1. The largest absolute Gasteiger partial charge is 0.372 e. The summed E-state index contributed by atoms with van der Waals surface area (Å²) >= 11 is 0. The molecular formula is C10H22N2O2. The molecule has 1 amide bonds. The molecule has 0 spiro atoms. The summed E-state index contributed by atoms with van der Waals surface area (Å²) in [6, 6.07) is 0. The van der Waals surface area contributed by atoms with Crippen molar-refractivity contribution in [1.29, 1.82) is 0 Å². The number of rotatable bonds is 3. The molecule has 84 valence electrons. The van der Waals surface area contributed by atoms with Crippen LogP contribution in [0.5, 0.6) is 0 Å². The summed E-state index contributed by atoms with van der Waals surface area (Å²) in [5.74, 6) is 0.110. The second-order valence-corrected chi connectivity index (χ2v) is 2.77. The standard InChI is InChI=1S/C8H16N2O2.C2H6/c1-2-12-7-8(11)10-5-3-9-4-6-10;1-2/h9H,2-7H2,1H3;1-2H3. The van der Waals surface area contributed by atoms with E-state index in [1.54, 1.807) is 0 Å². The summed E-state index contributed by atoms with van der Waals surface area (Å²) in [4.78, 5) is 13.2. The fraction of sp³-hybridized carbons (Fsp3) is 0.900. The predicted molar refractivity (Wildman–Crippen MR) is 57.3 cm³/mol. The van der Waals surface area contributed by atoms with Crippen molar-refractivity contribution in [3.63, 3.8) is 0 Å². The van der Waals surface area contributed by atoms with Crippen molar-refractivity contribution < 1.29 is 9.53 Å². The lowest BCUT2D eigenvalue weighted by Crippen LogP contribution is -2.47. The summed E-state index contributed by atoms with van der Waals surface area (Å²) in [5, 5.41) is 3.19. The number of ether oxygens (including phenoxy) is 1. The fourth-order valence-corrected chi connectivity index (χ4v) is 1.19. The lowest BCUT2D eigenvalue weighted by atomic mass is 10.3. The van der Waals surface area contributed by atoms with E-state index in [1.165, 1.54) is 0 Å². The first-order valence-corrected chi connectivity index (χ1v) is 5.41. The maximum absolute atomic E-state index is 11.3. The second kappa shape index (κ2) is 8.97. The summed E-state index contributed by atoms with van der Waals surface area (Å²) in [5.41, 5.74) is 0. The number of nitrogens with one attached hydrogen (secondary N) is 1. The Kier molecular flexibility index (Phi) is 8.57. The molecule has 0 aromatic rings. The van der Waals surface area contributed by atoms with Crippen molar-refractivity contribution in [1.82, 2.24) is 10.2 Å². The zero-order chi connectivity index (χ0) is 10.8. The van der Waals surface area contributed by atoms with Crippen LogP contribution in [-0.2, 0) is 9.53 Å². The smallest absolute Gasteiger partial charge is 0.248 e. The fourth-order valence-electron chi connectivity index (χ4n) is 1.19. The minimum absolute atomic E-state index is 0.110. The summed E-state index contributed by atoms with van der Waals surface area (Å²) in [6.45, 7) is 10.2. The highest BCUT2D eigenvalue weighted by molar-refractivity contribution is 5.77. The van der Waals surface area contributed by atoms with E-state index in [-0.39, 0.29) is 12.5 Å². The number of carbonyl (C=O) groups excluding carboxylic acids is 1. The van der Waals surface area contributed by atoms with E-state index in [0.29, 0.717) is 6.61 Å². The second-order valence-electron chi connectivity index (χ2n) is 2.77. The molecular weight excluding hydrogens is 180 g/mol. The van der Waals surface area contributed by atoms with Gasteiger partial charge in [0.25, 0.3) is 0 Å². The van der Waals surface area contributed by atoms with E-state index in [4.69, 9.17) is 4.74 Å². The van der Waals surface area contributed by atoms with Gasteiger partial charge in [0.15, 0.2) is 0 Å². The highest BCUT2D eigenvalue weighted by Crippen LogP contribution is 1.93. The zero-order valence-corrected chi connectivity index (χ0v) is 9.51. The third kappa shape index (κ3) is 5.19. The normalized spacial score (nSPS) is 15.8. The van der Waals surface area contributed by atoms with Crippen LogP contribution in [-0.4, -0.2) is 50.2 Å². The van der Waals surface area contributed by atoms with Crippen LogP contribution < -0.4 is 5.32 Å². The summed E-state index contributed by atoms with van der Waals surface area (Å²) in [6.07, 6.45) is 0. The van der Waals surface area contributed by atoms with Crippen LogP contribution in [0.2, 0.25) is 0 Å². The zero-order valence-electron chi connectivity index (χ0n) is 9.51. The maximum atomic E-state index is 11.3. The molecule has 1 N–H and O–H groups in total. The monoisotopic (exact) mass is 202 g/mol. The molecule has 1 heterocycles. The van der Waals surface area contributed by atoms with Gasteiger partial charge in [0.05, 0.1) is 0 Å². The molecule has 4 nitrogen and oxygen atoms in total. The molecule has 0 aromatic heterocycles. The molecule has 0 aliphatic carbocycles. The highest BCUT2D eigenvalue weighted by atomic mass is 16.5. The first-order valence-electron chi connectivity index (χ1n) is 5.41. The number of amides is 1. The van der Waals surface area contributed by atoms with Gasteiger partial charge in [-0.1, -0.05) is 13.8 Å². The molecule has 14 heavy (non-hydrogen) atoms. The lowest BCUT2D eigenvalue weighted by Gasteiger charge is -2.27. The van der Waals surface area contributed by atoms with Gasteiger partial charge in [0.2, 0.25) is 5.91 Å². The van der Waals surface area contributed by atoms with Gasteiger partial charge in [-0.05, 0) is 6.92 Å². The van der Waals surface area contributed by atoms with Crippen molar-refractivity contribution in [2.24, 2.45) is 0 Å². The quantitative estimate of drug-likeness (QED) is 0.724. The van der Waals surface area contributed by atoms with Crippen molar-refractivity contribution in [2.45, 2.75) is 20.8 Å². The van der Waals surface area contributed by atoms with Crippen LogP contribution in [0, 0.1) is 0 Å². The third-order valence-electron chi connectivity index (χ3n) is 1.90. The Hall–Kier alpha value is -0.610. The molecule has 0 radical (unpaired) electrons. The van der Waals surface area contributed by atoms with Gasteiger partial charge in [-0.15, -0.1) is 0 Å². The molecule has 0 unspecified atom stereocenters. The highest BCUT2D eigenvalue weighted by Gasteiger charge is 2.15. The number of hydrogen-bond acceptors (Lipinski definition) is 3. The summed E-state index contributed by atoms with van der Waals surface area (Å²) < 4.78 is 5.04. The number of carbonyl (C=O) groups is 1. The lowest BCUT2D eigenvalue weighted by molar-refractivity contribution is -0.136. The number of hydrogen-bond donors (Lipinski definition) is 1. The first-order chi connectivity index (χ1) is 6.84. The minimum atomic E-state index is 0.110.